The lowest BCUT2D eigenvalue weighted by atomic mass is 10.1. The van der Waals surface area contributed by atoms with Crippen LogP contribution in [0.5, 0.6) is 0 Å². The van der Waals surface area contributed by atoms with Crippen LogP contribution in [-0.2, 0) is 9.53 Å². The number of alkyl halides is 2. The second-order valence-corrected chi connectivity index (χ2v) is 6.80. The van der Waals surface area contributed by atoms with Gasteiger partial charge in [-0.1, -0.05) is 37.4 Å². The van der Waals surface area contributed by atoms with Gasteiger partial charge in [0.1, 0.15) is 0 Å². The van der Waals surface area contributed by atoms with Crippen molar-refractivity contribution in [2.45, 2.75) is 55.2 Å². The normalized spacial score (nSPS) is 15.8. The van der Waals surface area contributed by atoms with Gasteiger partial charge in [0, 0.05) is 10.9 Å². The van der Waals surface area contributed by atoms with Gasteiger partial charge in [-0.2, -0.15) is 8.78 Å². The minimum Gasteiger partial charge on any atom is -0.452 e. The number of ether oxygens (including phenoxy) is 1. The number of esters is 1. The van der Waals surface area contributed by atoms with Gasteiger partial charge >= 0.3 is 5.97 Å². The van der Waals surface area contributed by atoms with Crippen LogP contribution in [0.3, 0.4) is 0 Å². The summed E-state index contributed by atoms with van der Waals surface area (Å²) in [6.07, 6.45) is 6.52. The van der Waals surface area contributed by atoms with Crippen LogP contribution in [-0.4, -0.2) is 30.3 Å². The lowest BCUT2D eigenvalue weighted by molar-refractivity contribution is -0.125. The second kappa shape index (κ2) is 9.61. The highest BCUT2D eigenvalue weighted by Gasteiger charge is 2.16. The Bertz CT molecular complexity index is 543. The second-order valence-electron chi connectivity index (χ2n) is 5.74. The third-order valence-corrected chi connectivity index (χ3v) is 4.59. The maximum Gasteiger partial charge on any atom is 0.338 e. The molecule has 4 nitrogen and oxygen atoms in total. The van der Waals surface area contributed by atoms with E-state index in [0.717, 1.165) is 25.7 Å². The fraction of sp³-hybridized carbons (Fsp3) is 0.529. The van der Waals surface area contributed by atoms with E-state index < -0.39 is 11.7 Å². The minimum absolute atomic E-state index is 0.157. The SMILES string of the molecule is O=C(COC(=O)c1ccc(SC(F)F)cc1)NC1CCCCCC1. The molecule has 1 aliphatic rings. The molecule has 24 heavy (non-hydrogen) atoms. The van der Waals surface area contributed by atoms with Gasteiger partial charge in [-0.25, -0.2) is 4.79 Å². The number of benzene rings is 1. The lowest BCUT2D eigenvalue weighted by Crippen LogP contribution is -2.37. The van der Waals surface area contributed by atoms with E-state index in [-0.39, 0.29) is 24.1 Å². The number of hydrogen-bond acceptors (Lipinski definition) is 4. The molecule has 0 aliphatic heterocycles. The molecule has 0 spiro atoms. The summed E-state index contributed by atoms with van der Waals surface area (Å²) in [6.45, 7) is -0.330. The van der Waals surface area contributed by atoms with Gasteiger partial charge in [-0.15, -0.1) is 0 Å². The number of amides is 1. The highest BCUT2D eigenvalue weighted by Crippen LogP contribution is 2.25. The lowest BCUT2D eigenvalue weighted by Gasteiger charge is -2.16. The molecule has 7 heteroatoms. The Balaban J connectivity index is 1.76. The first-order chi connectivity index (χ1) is 11.5. The minimum atomic E-state index is -2.50. The predicted octanol–water partition coefficient (Wildman–Crippen LogP) is 4.00. The van der Waals surface area contributed by atoms with Crippen molar-refractivity contribution in [2.75, 3.05) is 6.61 Å². The predicted molar refractivity (Wildman–Crippen MR) is 88.2 cm³/mol. The first kappa shape index (κ1) is 18.7. The highest BCUT2D eigenvalue weighted by molar-refractivity contribution is 7.99. The Hall–Kier alpha value is -1.63. The number of rotatable bonds is 6. The fourth-order valence-corrected chi connectivity index (χ4v) is 3.18. The summed E-state index contributed by atoms with van der Waals surface area (Å²) >= 11 is 0.409. The Morgan fingerprint density at radius 2 is 1.75 bits per heavy atom. The summed E-state index contributed by atoms with van der Waals surface area (Å²) in [6, 6.07) is 5.84. The first-order valence-electron chi connectivity index (χ1n) is 8.06. The number of halogens is 2. The number of nitrogens with one attached hydrogen (secondary N) is 1. The molecule has 1 saturated carbocycles. The molecule has 0 unspecified atom stereocenters. The standard InChI is InChI=1S/C17H21F2NO3S/c18-17(19)24-14-9-7-12(8-10-14)16(22)23-11-15(21)20-13-5-3-1-2-4-6-13/h7-10,13,17H,1-6,11H2,(H,20,21). The maximum absolute atomic E-state index is 12.2. The van der Waals surface area contributed by atoms with Crippen LogP contribution in [0.4, 0.5) is 8.78 Å². The first-order valence-corrected chi connectivity index (χ1v) is 8.94. The molecule has 1 aliphatic carbocycles. The topological polar surface area (TPSA) is 55.4 Å². The van der Waals surface area contributed by atoms with Crippen molar-refractivity contribution in [3.8, 4) is 0 Å². The number of hydrogen-bond donors (Lipinski definition) is 1. The van der Waals surface area contributed by atoms with Crippen molar-refractivity contribution in [1.29, 1.82) is 0 Å². The van der Waals surface area contributed by atoms with Crippen LogP contribution in [0.1, 0.15) is 48.9 Å². The van der Waals surface area contributed by atoms with Crippen molar-refractivity contribution < 1.29 is 23.1 Å². The average molecular weight is 357 g/mol. The highest BCUT2D eigenvalue weighted by atomic mass is 32.2. The van der Waals surface area contributed by atoms with Crippen LogP contribution in [0, 0.1) is 0 Å². The quantitative estimate of drug-likeness (QED) is 0.475. The van der Waals surface area contributed by atoms with E-state index in [0.29, 0.717) is 16.7 Å². The van der Waals surface area contributed by atoms with E-state index in [1.165, 1.54) is 37.1 Å². The molecule has 1 N–H and O–H groups in total. The molecular weight excluding hydrogens is 336 g/mol. The summed E-state index contributed by atoms with van der Waals surface area (Å²) in [5, 5.41) is 2.89. The molecule has 1 aromatic carbocycles. The molecule has 0 radical (unpaired) electrons. The van der Waals surface area contributed by atoms with Crippen LogP contribution < -0.4 is 5.32 Å². The molecule has 0 aromatic heterocycles. The zero-order chi connectivity index (χ0) is 17.4. The molecular formula is C17H21F2NO3S. The molecule has 0 atom stereocenters. The van der Waals surface area contributed by atoms with Crippen molar-refractivity contribution in [3.05, 3.63) is 29.8 Å². The summed E-state index contributed by atoms with van der Waals surface area (Å²) < 4.78 is 29.4. The van der Waals surface area contributed by atoms with Gasteiger partial charge < -0.3 is 10.1 Å². The van der Waals surface area contributed by atoms with Crippen LogP contribution >= 0.6 is 11.8 Å². The van der Waals surface area contributed by atoms with Gasteiger partial charge in [0.2, 0.25) is 0 Å². The van der Waals surface area contributed by atoms with Crippen LogP contribution in [0.15, 0.2) is 29.2 Å². The number of carbonyl (C=O) groups excluding carboxylic acids is 2. The monoisotopic (exact) mass is 357 g/mol. The van der Waals surface area contributed by atoms with Crippen molar-refractivity contribution in [1.82, 2.24) is 5.32 Å². The summed E-state index contributed by atoms with van der Waals surface area (Å²) in [5.74, 6) is -3.45. The van der Waals surface area contributed by atoms with Gasteiger partial charge in [0.25, 0.3) is 11.7 Å². The molecule has 1 fully saturated rings. The van der Waals surface area contributed by atoms with Gasteiger partial charge in [0.05, 0.1) is 5.56 Å². The number of thioether (sulfide) groups is 1. The summed E-state index contributed by atoms with van der Waals surface area (Å²) in [5.41, 5.74) is 0.232. The maximum atomic E-state index is 12.2. The van der Waals surface area contributed by atoms with Crippen molar-refractivity contribution in [3.63, 3.8) is 0 Å². The van der Waals surface area contributed by atoms with E-state index in [2.05, 4.69) is 5.32 Å². The van der Waals surface area contributed by atoms with E-state index in [1.807, 2.05) is 0 Å². The summed E-state index contributed by atoms with van der Waals surface area (Å²) in [4.78, 5) is 24.1. The van der Waals surface area contributed by atoms with E-state index in [4.69, 9.17) is 4.74 Å². The smallest absolute Gasteiger partial charge is 0.338 e. The van der Waals surface area contributed by atoms with Crippen molar-refractivity contribution in [2.24, 2.45) is 0 Å². The van der Waals surface area contributed by atoms with Crippen LogP contribution in [0.25, 0.3) is 0 Å². The third kappa shape index (κ3) is 6.47. The molecule has 0 bridgehead atoms. The zero-order valence-electron chi connectivity index (χ0n) is 13.3. The number of carbonyl (C=O) groups is 2. The van der Waals surface area contributed by atoms with Gasteiger partial charge in [-0.3, -0.25) is 4.79 Å². The van der Waals surface area contributed by atoms with E-state index in [1.54, 1.807) is 0 Å². The fourth-order valence-electron chi connectivity index (χ4n) is 2.68. The van der Waals surface area contributed by atoms with Gasteiger partial charge in [-0.05, 0) is 37.1 Å². The van der Waals surface area contributed by atoms with E-state index >= 15 is 0 Å². The Morgan fingerprint density at radius 1 is 1.12 bits per heavy atom. The van der Waals surface area contributed by atoms with E-state index in [9.17, 15) is 18.4 Å². The molecule has 0 saturated heterocycles. The molecule has 2 rings (SSSR count). The van der Waals surface area contributed by atoms with Crippen LogP contribution in [0.2, 0.25) is 0 Å². The molecule has 1 aromatic rings. The molecule has 0 heterocycles. The third-order valence-electron chi connectivity index (χ3n) is 3.87. The van der Waals surface area contributed by atoms with Gasteiger partial charge in [0.15, 0.2) is 6.61 Å². The Morgan fingerprint density at radius 3 is 2.33 bits per heavy atom. The largest absolute Gasteiger partial charge is 0.452 e. The molecule has 1 amide bonds. The Kier molecular flexibility index (Phi) is 7.49. The zero-order valence-corrected chi connectivity index (χ0v) is 14.1. The average Bonchev–Trinajstić information content (AvgIpc) is 2.81. The summed E-state index contributed by atoms with van der Waals surface area (Å²) in [7, 11) is 0. The van der Waals surface area contributed by atoms with Crippen molar-refractivity contribution >= 4 is 23.6 Å². The Labute approximate surface area is 144 Å². The molecule has 132 valence electrons.